The van der Waals surface area contributed by atoms with Crippen LogP contribution in [0.2, 0.25) is 91.2 Å². The average Bonchev–Trinajstić information content (AvgIpc) is 2.43. The largest absolute Gasteiger partial charge is 0.463 e. The Morgan fingerprint density at radius 1 is 0.656 bits per heavy atom. The smallest absolute Gasteiger partial charge is 0.330 e. The van der Waals surface area contributed by atoms with Gasteiger partial charge in [-0.3, -0.25) is 0 Å². The first-order valence-electron chi connectivity index (χ1n) is 11.3. The first-order chi connectivity index (χ1) is 14.0. The second kappa shape index (κ2) is 11.8. The van der Waals surface area contributed by atoms with Crippen LogP contribution in [0.5, 0.6) is 0 Å². The van der Waals surface area contributed by atoms with Crippen molar-refractivity contribution < 1.29 is 30.1 Å². The molecule has 32 heavy (non-hydrogen) atoms. The van der Waals surface area contributed by atoms with Crippen molar-refractivity contribution in [2.75, 3.05) is 6.61 Å². The highest BCUT2D eigenvalue weighted by molar-refractivity contribution is 6.91. The van der Waals surface area contributed by atoms with Gasteiger partial charge in [-0.05, 0) is 97.6 Å². The number of rotatable bonds is 15. The standard InChI is InChI=1S/C19H48O7Si6/c1-15-19(20)21-17-16-18-28(5,6)23-30(9,10)25-32(13,14)26-31(11,12)24-29(7,8)22-27(2,3)4/h15H,1,16-18H2,2-14H3. The summed E-state index contributed by atoms with van der Waals surface area (Å²) in [5.74, 6) is -0.385. The summed E-state index contributed by atoms with van der Waals surface area (Å²) in [7, 11) is -13.4. The summed E-state index contributed by atoms with van der Waals surface area (Å²) in [5, 5.41) is 0. The Labute approximate surface area is 203 Å². The van der Waals surface area contributed by atoms with Crippen LogP contribution in [0.4, 0.5) is 0 Å². The van der Waals surface area contributed by atoms with E-state index >= 15 is 0 Å². The summed E-state index contributed by atoms with van der Waals surface area (Å²) in [5.41, 5.74) is 0. The van der Waals surface area contributed by atoms with Gasteiger partial charge in [-0.1, -0.05) is 6.58 Å². The lowest BCUT2D eigenvalue weighted by Gasteiger charge is -2.43. The molecule has 0 aliphatic heterocycles. The van der Waals surface area contributed by atoms with Crippen LogP contribution in [0.15, 0.2) is 12.7 Å². The highest BCUT2D eigenvalue weighted by Crippen LogP contribution is 2.28. The van der Waals surface area contributed by atoms with E-state index in [4.69, 9.17) is 25.3 Å². The Balaban J connectivity index is 4.95. The molecule has 0 radical (unpaired) electrons. The molecule has 190 valence electrons. The topological polar surface area (TPSA) is 72.5 Å². The Morgan fingerprint density at radius 2 is 1.03 bits per heavy atom. The molecule has 0 atom stereocenters. The third-order valence-electron chi connectivity index (χ3n) is 3.88. The van der Waals surface area contributed by atoms with Gasteiger partial charge >= 0.3 is 40.2 Å². The summed E-state index contributed by atoms with van der Waals surface area (Å²) in [4.78, 5) is 11.2. The number of esters is 1. The minimum Gasteiger partial charge on any atom is -0.463 e. The lowest BCUT2D eigenvalue weighted by atomic mass is 10.5. The lowest BCUT2D eigenvalue weighted by molar-refractivity contribution is -0.137. The molecule has 0 saturated carbocycles. The molecular formula is C19H48O7Si6. The van der Waals surface area contributed by atoms with Crippen LogP contribution in [0.1, 0.15) is 6.42 Å². The fourth-order valence-corrected chi connectivity index (χ4v) is 33.0. The Bertz CT molecular complexity index is 630. The molecule has 0 aromatic rings. The fraction of sp³-hybridized carbons (Fsp3) is 0.842. The van der Waals surface area contributed by atoms with Crippen molar-refractivity contribution in [3.63, 3.8) is 0 Å². The van der Waals surface area contributed by atoms with E-state index in [1.807, 2.05) is 0 Å². The highest BCUT2D eigenvalue weighted by atomic mass is 28.5. The van der Waals surface area contributed by atoms with Crippen LogP contribution >= 0.6 is 0 Å². The van der Waals surface area contributed by atoms with Crippen molar-refractivity contribution >= 4 is 56.8 Å². The van der Waals surface area contributed by atoms with Crippen molar-refractivity contribution in [3.05, 3.63) is 12.7 Å². The predicted molar refractivity (Wildman–Crippen MR) is 147 cm³/mol. The minimum absolute atomic E-state index is 0.382. The second-order valence-corrected chi connectivity index (χ2v) is 35.0. The van der Waals surface area contributed by atoms with Crippen LogP contribution in [0, 0.1) is 0 Å². The molecule has 0 bridgehead atoms. The van der Waals surface area contributed by atoms with Crippen molar-refractivity contribution in [1.82, 2.24) is 0 Å². The Morgan fingerprint density at radius 3 is 1.41 bits per heavy atom. The van der Waals surface area contributed by atoms with Gasteiger partial charge in [0.1, 0.15) is 0 Å². The van der Waals surface area contributed by atoms with Gasteiger partial charge in [0.15, 0.2) is 16.6 Å². The van der Waals surface area contributed by atoms with E-state index in [0.717, 1.165) is 12.5 Å². The van der Waals surface area contributed by atoms with Crippen LogP contribution in [-0.2, 0) is 30.1 Å². The van der Waals surface area contributed by atoms with Crippen LogP contribution in [-0.4, -0.2) is 63.5 Å². The van der Waals surface area contributed by atoms with Crippen LogP contribution in [0.3, 0.4) is 0 Å². The van der Waals surface area contributed by atoms with Gasteiger partial charge in [-0.25, -0.2) is 4.79 Å². The Hall–Kier alpha value is 0.311. The monoisotopic (exact) mass is 556 g/mol. The summed E-state index contributed by atoms with van der Waals surface area (Å²) < 4.78 is 37.7. The molecule has 0 aromatic heterocycles. The zero-order valence-electron chi connectivity index (χ0n) is 22.8. The third kappa shape index (κ3) is 16.0. The van der Waals surface area contributed by atoms with Gasteiger partial charge in [-0.15, -0.1) is 0 Å². The van der Waals surface area contributed by atoms with E-state index in [1.165, 1.54) is 6.08 Å². The van der Waals surface area contributed by atoms with E-state index in [0.29, 0.717) is 6.61 Å². The maximum absolute atomic E-state index is 11.2. The molecule has 0 fully saturated rings. The fourth-order valence-electron chi connectivity index (χ4n) is 4.04. The SMILES string of the molecule is C=CC(=O)OCCC[Si](C)(C)O[Si](C)(C)O[Si](C)(C)O[Si](C)(C)O[Si](C)(C)O[Si](C)(C)C. The van der Waals surface area contributed by atoms with Crippen molar-refractivity contribution in [2.24, 2.45) is 0 Å². The van der Waals surface area contributed by atoms with Gasteiger partial charge in [0.2, 0.25) is 0 Å². The van der Waals surface area contributed by atoms with E-state index < -0.39 is 50.9 Å². The molecule has 0 heterocycles. The normalized spacial score (nSPS) is 14.4. The maximum atomic E-state index is 11.2. The lowest BCUT2D eigenvalue weighted by Crippen LogP contribution is -2.59. The van der Waals surface area contributed by atoms with Crippen molar-refractivity contribution in [1.29, 1.82) is 0 Å². The number of hydrogen-bond acceptors (Lipinski definition) is 7. The van der Waals surface area contributed by atoms with E-state index in [-0.39, 0.29) is 5.97 Å². The zero-order chi connectivity index (χ0) is 25.6. The predicted octanol–water partition coefficient (Wildman–Crippen LogP) is 6.04. The van der Waals surface area contributed by atoms with Gasteiger partial charge in [0, 0.05) is 6.08 Å². The first kappa shape index (κ1) is 32.3. The molecule has 0 aromatic carbocycles. The molecule has 0 N–H and O–H groups in total. The van der Waals surface area contributed by atoms with Crippen LogP contribution < -0.4 is 0 Å². The number of carbonyl (C=O) groups is 1. The quantitative estimate of drug-likeness (QED) is 0.105. The average molecular weight is 557 g/mol. The molecular weight excluding hydrogens is 509 g/mol. The molecule has 0 spiro atoms. The van der Waals surface area contributed by atoms with E-state index in [9.17, 15) is 4.79 Å². The first-order valence-corrected chi connectivity index (χ1v) is 29.1. The minimum atomic E-state index is -2.50. The summed E-state index contributed by atoms with van der Waals surface area (Å²) in [6.45, 7) is 31.4. The molecule has 13 heteroatoms. The molecule has 0 saturated heterocycles. The number of hydrogen-bond donors (Lipinski definition) is 0. The molecule has 0 unspecified atom stereocenters. The van der Waals surface area contributed by atoms with Gasteiger partial charge in [0.05, 0.1) is 6.61 Å². The third-order valence-corrected chi connectivity index (χ3v) is 25.8. The molecule has 0 aliphatic carbocycles. The number of ether oxygens (including phenoxy) is 1. The van der Waals surface area contributed by atoms with Crippen molar-refractivity contribution in [2.45, 2.75) is 97.6 Å². The summed E-state index contributed by atoms with van der Waals surface area (Å²) in [6.07, 6.45) is 1.95. The Kier molecular flexibility index (Phi) is 11.9. The van der Waals surface area contributed by atoms with Gasteiger partial charge in [0.25, 0.3) is 0 Å². The molecule has 7 nitrogen and oxygen atoms in total. The molecule has 0 aliphatic rings. The van der Waals surface area contributed by atoms with Gasteiger partial charge < -0.3 is 25.3 Å². The summed E-state index contributed by atoms with van der Waals surface area (Å²) in [6, 6.07) is 0.886. The van der Waals surface area contributed by atoms with Crippen LogP contribution in [0.25, 0.3) is 0 Å². The zero-order valence-corrected chi connectivity index (χ0v) is 28.8. The van der Waals surface area contributed by atoms with E-state index in [2.05, 4.69) is 91.7 Å². The van der Waals surface area contributed by atoms with Crippen molar-refractivity contribution in [3.8, 4) is 0 Å². The highest BCUT2D eigenvalue weighted by Gasteiger charge is 2.46. The summed E-state index contributed by atoms with van der Waals surface area (Å²) >= 11 is 0. The maximum Gasteiger partial charge on any atom is 0.330 e. The van der Waals surface area contributed by atoms with E-state index in [1.54, 1.807) is 0 Å². The molecule has 0 amide bonds. The number of carbonyl (C=O) groups excluding carboxylic acids is 1. The molecule has 0 rings (SSSR count). The second-order valence-electron chi connectivity index (χ2n) is 11.5. The van der Waals surface area contributed by atoms with Gasteiger partial charge in [-0.2, -0.15) is 0 Å².